The van der Waals surface area contributed by atoms with E-state index in [1.165, 1.54) is 16.6 Å². The number of sulfonamides is 1. The van der Waals surface area contributed by atoms with Crippen LogP contribution in [0, 0.1) is 27.7 Å². The van der Waals surface area contributed by atoms with Crippen LogP contribution in [0.5, 0.6) is 0 Å². The Labute approximate surface area is 186 Å². The average molecular weight is 450 g/mol. The van der Waals surface area contributed by atoms with E-state index in [9.17, 15) is 13.2 Å². The molecular weight excluding hydrogens is 426 g/mol. The summed E-state index contributed by atoms with van der Waals surface area (Å²) in [5, 5.41) is 4.36. The number of carbonyl (C=O) groups is 1. The van der Waals surface area contributed by atoms with Gasteiger partial charge in [0, 0.05) is 17.0 Å². The van der Waals surface area contributed by atoms with Gasteiger partial charge in [-0.2, -0.15) is 9.50 Å². The largest absolute Gasteiger partial charge is 0.292 e. The van der Waals surface area contributed by atoms with Crippen molar-refractivity contribution in [2.45, 2.75) is 32.6 Å². The van der Waals surface area contributed by atoms with Gasteiger partial charge in [-0.25, -0.2) is 17.7 Å². The summed E-state index contributed by atoms with van der Waals surface area (Å²) < 4.78 is 29.5. The number of anilines is 1. The fraction of sp³-hybridized carbons (Fsp3) is 0.217. The summed E-state index contributed by atoms with van der Waals surface area (Å²) in [4.78, 5) is 21.8. The Hall–Kier alpha value is -3.59. The van der Waals surface area contributed by atoms with E-state index in [-0.39, 0.29) is 22.4 Å². The molecule has 0 amide bonds. The molecule has 0 saturated carbocycles. The minimum atomic E-state index is -4.11. The van der Waals surface area contributed by atoms with Gasteiger partial charge < -0.3 is 0 Å². The predicted molar refractivity (Wildman–Crippen MR) is 121 cm³/mol. The smallest absolute Gasteiger partial charge is 0.267 e. The molecule has 0 saturated heterocycles. The summed E-state index contributed by atoms with van der Waals surface area (Å²) in [5.74, 6) is -0.197. The highest BCUT2D eigenvalue weighted by Crippen LogP contribution is 2.23. The fourth-order valence-corrected chi connectivity index (χ4v) is 4.64. The van der Waals surface area contributed by atoms with Crippen molar-refractivity contribution in [1.82, 2.24) is 19.6 Å². The van der Waals surface area contributed by atoms with Gasteiger partial charge in [0.05, 0.1) is 4.90 Å². The minimum Gasteiger partial charge on any atom is -0.292 e. The van der Waals surface area contributed by atoms with Gasteiger partial charge in [-0.1, -0.05) is 47.5 Å². The van der Waals surface area contributed by atoms with E-state index >= 15 is 0 Å². The van der Waals surface area contributed by atoms with Crippen LogP contribution in [0.4, 0.5) is 5.95 Å². The Morgan fingerprint density at radius 2 is 1.50 bits per heavy atom. The molecule has 4 aromatic rings. The van der Waals surface area contributed by atoms with Crippen LogP contribution < -0.4 is 4.31 Å². The molecule has 0 bridgehead atoms. The minimum absolute atomic E-state index is 0.0551. The van der Waals surface area contributed by atoms with Gasteiger partial charge >= 0.3 is 0 Å². The zero-order valence-corrected chi connectivity index (χ0v) is 19.1. The molecule has 9 heteroatoms. The quantitative estimate of drug-likeness (QED) is 0.418. The molecule has 0 atom stereocenters. The van der Waals surface area contributed by atoms with Crippen molar-refractivity contribution in [1.29, 1.82) is 0 Å². The van der Waals surface area contributed by atoms with Crippen LogP contribution in [-0.4, -0.2) is 40.3 Å². The van der Waals surface area contributed by atoms with Crippen LogP contribution in [0.2, 0.25) is 0 Å². The number of hydrogen-bond donors (Lipinski definition) is 0. The standard InChI is InChI=1S/C23H23N5O3S/c1-15-5-9-19(10-6-15)21(29)14-27(32(30,31)20-11-7-16(2)8-12-20)23-25-22-24-17(3)13-18(4)28(22)26-23/h5-13H,14H2,1-4H3. The van der Waals surface area contributed by atoms with E-state index in [1.54, 1.807) is 24.3 Å². The molecule has 8 nitrogen and oxygen atoms in total. The highest BCUT2D eigenvalue weighted by Gasteiger charge is 2.31. The van der Waals surface area contributed by atoms with Crippen molar-refractivity contribution in [3.8, 4) is 0 Å². The predicted octanol–water partition coefficient (Wildman–Crippen LogP) is 3.44. The molecule has 2 aromatic carbocycles. The Morgan fingerprint density at radius 1 is 0.906 bits per heavy atom. The number of fused-ring (bicyclic) bond motifs is 1. The van der Waals surface area contributed by atoms with Crippen molar-refractivity contribution >= 4 is 27.5 Å². The molecule has 0 N–H and O–H groups in total. The van der Waals surface area contributed by atoms with E-state index in [4.69, 9.17) is 0 Å². The molecule has 0 radical (unpaired) electrons. The van der Waals surface area contributed by atoms with Gasteiger partial charge in [0.1, 0.15) is 6.54 Å². The third kappa shape index (κ3) is 4.11. The fourth-order valence-electron chi connectivity index (χ4n) is 3.32. The number of aromatic nitrogens is 4. The maximum atomic E-state index is 13.6. The van der Waals surface area contributed by atoms with Gasteiger partial charge in [0.15, 0.2) is 5.78 Å². The number of Topliss-reactive ketones (excluding diaryl/α,β-unsaturated/α-hetero) is 1. The summed E-state index contributed by atoms with van der Waals surface area (Å²) >= 11 is 0. The second kappa shape index (κ2) is 8.16. The lowest BCUT2D eigenvalue weighted by molar-refractivity contribution is 0.100. The van der Waals surface area contributed by atoms with Crippen LogP contribution in [0.3, 0.4) is 0 Å². The highest BCUT2D eigenvalue weighted by molar-refractivity contribution is 7.92. The molecule has 2 aromatic heterocycles. The molecule has 0 aliphatic carbocycles. The number of carbonyl (C=O) groups excluding carboxylic acids is 1. The molecule has 32 heavy (non-hydrogen) atoms. The first-order valence-corrected chi connectivity index (χ1v) is 11.5. The monoisotopic (exact) mass is 449 g/mol. The zero-order chi connectivity index (χ0) is 23.0. The molecule has 0 unspecified atom stereocenters. The molecule has 164 valence electrons. The summed E-state index contributed by atoms with van der Waals surface area (Å²) in [6, 6.07) is 15.2. The summed E-state index contributed by atoms with van der Waals surface area (Å²) in [6.07, 6.45) is 0. The van der Waals surface area contributed by atoms with Gasteiger partial charge in [0.2, 0.25) is 0 Å². The number of rotatable bonds is 6. The van der Waals surface area contributed by atoms with Crippen molar-refractivity contribution < 1.29 is 13.2 Å². The van der Waals surface area contributed by atoms with Crippen LogP contribution in [0.15, 0.2) is 59.5 Å². The number of nitrogens with zero attached hydrogens (tertiary/aromatic N) is 5. The average Bonchev–Trinajstić information content (AvgIpc) is 3.16. The van der Waals surface area contributed by atoms with E-state index < -0.39 is 16.6 Å². The molecule has 0 aliphatic rings. The number of hydrogen-bond acceptors (Lipinski definition) is 6. The second-order valence-electron chi connectivity index (χ2n) is 7.78. The Bertz CT molecular complexity index is 1410. The molecule has 2 heterocycles. The van der Waals surface area contributed by atoms with Gasteiger partial charge in [0.25, 0.3) is 21.7 Å². The first-order valence-electron chi connectivity index (χ1n) is 10.1. The Kier molecular flexibility index (Phi) is 5.52. The van der Waals surface area contributed by atoms with Gasteiger partial charge in [-0.05, 0) is 45.9 Å². The van der Waals surface area contributed by atoms with Crippen LogP contribution in [-0.2, 0) is 10.0 Å². The van der Waals surface area contributed by atoms with Crippen LogP contribution in [0.1, 0.15) is 32.9 Å². The van der Waals surface area contributed by atoms with E-state index in [2.05, 4.69) is 15.1 Å². The van der Waals surface area contributed by atoms with Gasteiger partial charge in [-0.3, -0.25) is 4.79 Å². The first kappa shape index (κ1) is 21.6. The number of ketones is 1. The molecule has 0 aliphatic heterocycles. The first-order chi connectivity index (χ1) is 15.1. The van der Waals surface area contributed by atoms with E-state index in [0.717, 1.165) is 26.8 Å². The molecule has 4 rings (SSSR count). The SMILES string of the molecule is Cc1ccc(C(=O)CN(c2nc3nc(C)cc(C)n3n2)S(=O)(=O)c2ccc(C)cc2)cc1. The van der Waals surface area contributed by atoms with Gasteiger partial charge in [-0.15, -0.1) is 5.10 Å². The summed E-state index contributed by atoms with van der Waals surface area (Å²) in [6.45, 7) is 7.00. The molecular formula is C23H23N5O3S. The maximum absolute atomic E-state index is 13.6. The Balaban J connectivity index is 1.82. The van der Waals surface area contributed by atoms with Crippen LogP contribution in [0.25, 0.3) is 5.78 Å². The summed E-state index contributed by atoms with van der Waals surface area (Å²) in [7, 11) is -4.11. The molecule has 0 fully saturated rings. The maximum Gasteiger partial charge on any atom is 0.267 e. The Morgan fingerprint density at radius 3 is 2.12 bits per heavy atom. The lowest BCUT2D eigenvalue weighted by Crippen LogP contribution is -2.36. The normalized spacial score (nSPS) is 11.6. The summed E-state index contributed by atoms with van der Waals surface area (Å²) in [5.41, 5.74) is 3.83. The van der Waals surface area contributed by atoms with Crippen LogP contribution >= 0.6 is 0 Å². The third-order valence-corrected chi connectivity index (χ3v) is 6.84. The van der Waals surface area contributed by atoms with Crippen molar-refractivity contribution in [3.05, 3.63) is 82.7 Å². The molecule has 0 spiro atoms. The lowest BCUT2D eigenvalue weighted by atomic mass is 10.1. The lowest BCUT2D eigenvalue weighted by Gasteiger charge is -2.20. The second-order valence-corrected chi connectivity index (χ2v) is 9.64. The number of aryl methyl sites for hydroxylation is 4. The number of benzene rings is 2. The van der Waals surface area contributed by atoms with Crippen molar-refractivity contribution in [2.24, 2.45) is 0 Å². The van der Waals surface area contributed by atoms with Crippen molar-refractivity contribution in [2.75, 3.05) is 10.8 Å². The zero-order valence-electron chi connectivity index (χ0n) is 18.3. The van der Waals surface area contributed by atoms with E-state index in [0.29, 0.717) is 5.56 Å². The topological polar surface area (TPSA) is 97.5 Å². The third-order valence-electron chi connectivity index (χ3n) is 5.10. The van der Waals surface area contributed by atoms with Crippen molar-refractivity contribution in [3.63, 3.8) is 0 Å². The van der Waals surface area contributed by atoms with E-state index in [1.807, 2.05) is 45.9 Å². The highest BCUT2D eigenvalue weighted by atomic mass is 32.2.